The van der Waals surface area contributed by atoms with Gasteiger partial charge in [-0.05, 0) is 55.4 Å². The zero-order valence-corrected chi connectivity index (χ0v) is 22.8. The minimum atomic E-state index is -3.51. The molecule has 3 saturated carbocycles. The number of Topliss-reactive ketones (excluding diaryl/α,β-unsaturated/α-hetero) is 1. The number of ether oxygens (including phenoxy) is 1. The van der Waals surface area contributed by atoms with E-state index < -0.39 is 55.6 Å². The molecular weight excluding hydrogens is 542 g/mol. The maximum absolute atomic E-state index is 16.0. The Balaban J connectivity index is 1.45. The highest BCUT2D eigenvalue weighted by Gasteiger charge is 2.65. The first-order valence-electron chi connectivity index (χ1n) is 13.4. The van der Waals surface area contributed by atoms with Crippen LogP contribution in [0.2, 0.25) is 0 Å². The zero-order chi connectivity index (χ0) is 29.9. The van der Waals surface area contributed by atoms with E-state index in [1.807, 2.05) is 6.92 Å². The molecule has 0 heterocycles. The number of nitro benzene ring substituents is 2. The minimum absolute atomic E-state index is 0.0590. The van der Waals surface area contributed by atoms with E-state index >= 15 is 8.78 Å². The smallest absolute Gasteiger partial charge is 0.330 e. The fourth-order valence-corrected chi connectivity index (χ4v) is 7.85. The normalized spacial score (nSPS) is 33.8. The van der Waals surface area contributed by atoms with Gasteiger partial charge in [0.05, 0.1) is 23.0 Å². The van der Waals surface area contributed by atoms with E-state index in [9.17, 15) is 29.8 Å². The Morgan fingerprint density at radius 3 is 2.56 bits per heavy atom. The van der Waals surface area contributed by atoms with Crippen LogP contribution in [0.5, 0.6) is 0 Å². The lowest BCUT2D eigenvalue weighted by Crippen LogP contribution is -2.57. The van der Waals surface area contributed by atoms with Gasteiger partial charge in [0, 0.05) is 35.5 Å². The molecule has 11 nitrogen and oxygen atoms in total. The van der Waals surface area contributed by atoms with Crippen molar-refractivity contribution in [2.24, 2.45) is 33.7 Å². The van der Waals surface area contributed by atoms with E-state index in [2.05, 4.69) is 10.5 Å². The van der Waals surface area contributed by atoms with Crippen LogP contribution < -0.4 is 5.43 Å². The number of hydrazone groups is 1. The molecule has 0 bridgehead atoms. The van der Waals surface area contributed by atoms with Crippen molar-refractivity contribution in [2.75, 3.05) is 12.5 Å². The standard InChI is InChI=1S/C28H30F2N4O7/c1-26-11-10-23(32-31-19-8-5-16(33(37)38)13-20(19)34(39)40)28(29,30)22(26)9-6-17-18-7-4-15(12-24(36)41-3)27(18,2)14-21(35)25(17)26/h5,8-9,12-13,17-18,25,31H,4,6-7,10-11,14H2,1-3H3/b15-12-,32-23?/t17-,18-,25+,26-,27+/m0/s1. The highest BCUT2D eigenvalue weighted by atomic mass is 19.3. The number of non-ortho nitro benzene ring substituents is 1. The first-order valence-corrected chi connectivity index (χ1v) is 13.4. The second kappa shape index (κ2) is 9.81. The van der Waals surface area contributed by atoms with E-state index in [4.69, 9.17) is 4.74 Å². The lowest BCUT2D eigenvalue weighted by atomic mass is 9.47. The molecule has 0 spiro atoms. The largest absolute Gasteiger partial charge is 0.466 e. The van der Waals surface area contributed by atoms with Crippen LogP contribution in [0.1, 0.15) is 52.4 Å². The molecule has 0 saturated heterocycles. The van der Waals surface area contributed by atoms with Gasteiger partial charge in [0.1, 0.15) is 17.2 Å². The van der Waals surface area contributed by atoms with Gasteiger partial charge in [-0.1, -0.05) is 25.5 Å². The van der Waals surface area contributed by atoms with Gasteiger partial charge < -0.3 is 4.74 Å². The van der Waals surface area contributed by atoms with Crippen LogP contribution in [0.25, 0.3) is 0 Å². The summed E-state index contributed by atoms with van der Waals surface area (Å²) in [4.78, 5) is 46.5. The molecule has 1 N–H and O–H groups in total. The molecule has 13 heteroatoms. The van der Waals surface area contributed by atoms with Crippen molar-refractivity contribution in [3.63, 3.8) is 0 Å². The fraction of sp³-hybridized carbons (Fsp3) is 0.536. The molecular formula is C28H30F2N4O7. The number of benzene rings is 1. The van der Waals surface area contributed by atoms with Crippen molar-refractivity contribution in [3.8, 4) is 0 Å². The molecule has 5 rings (SSSR count). The number of alkyl halides is 2. The van der Waals surface area contributed by atoms with Crippen LogP contribution >= 0.6 is 0 Å². The highest BCUT2D eigenvalue weighted by molar-refractivity contribution is 5.97. The number of fused-ring (bicyclic) bond motifs is 5. The topological polar surface area (TPSA) is 154 Å². The average Bonchev–Trinajstić information content (AvgIpc) is 3.22. The highest BCUT2D eigenvalue weighted by Crippen LogP contribution is 2.66. The molecule has 218 valence electrons. The summed E-state index contributed by atoms with van der Waals surface area (Å²) in [5.74, 6) is -4.75. The molecule has 4 aliphatic carbocycles. The second-order valence-electron chi connectivity index (χ2n) is 11.8. The summed E-state index contributed by atoms with van der Waals surface area (Å²) in [6, 6.07) is 2.81. The number of esters is 1. The second-order valence-corrected chi connectivity index (χ2v) is 11.8. The van der Waals surface area contributed by atoms with E-state index in [1.165, 1.54) is 19.3 Å². The molecule has 1 aromatic carbocycles. The Morgan fingerprint density at radius 1 is 1.17 bits per heavy atom. The molecule has 4 aliphatic rings. The molecule has 0 aromatic heterocycles. The van der Waals surface area contributed by atoms with Gasteiger partial charge in [-0.25, -0.2) is 4.79 Å². The summed E-state index contributed by atoms with van der Waals surface area (Å²) in [7, 11) is 1.30. The Hall–Kier alpha value is -4.03. The Kier molecular flexibility index (Phi) is 6.82. The van der Waals surface area contributed by atoms with Gasteiger partial charge in [0.15, 0.2) is 0 Å². The molecule has 3 fully saturated rings. The summed E-state index contributed by atoms with van der Waals surface area (Å²) in [6.45, 7) is 3.70. The van der Waals surface area contributed by atoms with E-state index in [1.54, 1.807) is 6.92 Å². The maximum atomic E-state index is 16.0. The quantitative estimate of drug-likeness (QED) is 0.154. The van der Waals surface area contributed by atoms with Crippen molar-refractivity contribution in [3.05, 3.63) is 61.7 Å². The number of methoxy groups -OCH3 is 1. The number of halogens is 2. The van der Waals surface area contributed by atoms with Crippen LogP contribution in [0.15, 0.2) is 46.6 Å². The zero-order valence-electron chi connectivity index (χ0n) is 22.8. The number of rotatable bonds is 5. The monoisotopic (exact) mass is 572 g/mol. The van der Waals surface area contributed by atoms with Crippen LogP contribution in [-0.2, 0) is 14.3 Å². The summed E-state index contributed by atoms with van der Waals surface area (Å²) >= 11 is 0. The first kappa shape index (κ1) is 28.5. The van der Waals surface area contributed by atoms with Crippen molar-refractivity contribution in [2.45, 2.75) is 58.3 Å². The average molecular weight is 573 g/mol. The van der Waals surface area contributed by atoms with Crippen molar-refractivity contribution in [1.82, 2.24) is 0 Å². The molecule has 41 heavy (non-hydrogen) atoms. The van der Waals surface area contributed by atoms with Crippen LogP contribution in [0.4, 0.5) is 25.8 Å². The lowest BCUT2D eigenvalue weighted by Gasteiger charge is -2.56. The molecule has 5 atom stereocenters. The predicted octanol–water partition coefficient (Wildman–Crippen LogP) is 5.76. The number of nitrogens with one attached hydrogen (secondary N) is 1. The van der Waals surface area contributed by atoms with E-state index in [0.29, 0.717) is 6.42 Å². The Bertz CT molecular complexity index is 1450. The third-order valence-electron chi connectivity index (χ3n) is 9.78. The van der Waals surface area contributed by atoms with Crippen molar-refractivity contribution < 1.29 is 33.0 Å². The maximum Gasteiger partial charge on any atom is 0.330 e. The Labute approximate surface area is 234 Å². The van der Waals surface area contributed by atoms with Gasteiger partial charge in [-0.15, -0.1) is 0 Å². The van der Waals surface area contributed by atoms with Crippen molar-refractivity contribution >= 4 is 34.5 Å². The van der Waals surface area contributed by atoms with Crippen LogP contribution in [0, 0.1) is 48.8 Å². The number of ketones is 1. The third-order valence-corrected chi connectivity index (χ3v) is 9.78. The Morgan fingerprint density at radius 2 is 1.90 bits per heavy atom. The predicted molar refractivity (Wildman–Crippen MR) is 143 cm³/mol. The summed E-state index contributed by atoms with van der Waals surface area (Å²) in [5, 5.41) is 26.3. The number of anilines is 1. The number of nitrogens with zero attached hydrogens (tertiary/aromatic N) is 3. The minimum Gasteiger partial charge on any atom is -0.466 e. The van der Waals surface area contributed by atoms with E-state index in [0.717, 1.165) is 30.2 Å². The SMILES string of the molecule is COC(=O)/C=C1/CC[C@H]2[C@@H]3CC=C4C(F)(F)C(=NNc5ccc([N+](=O)[O-])cc5[N+](=O)[O-])CC[C@]4(C)[C@H]3C(=O)C[C@]12C. The summed E-state index contributed by atoms with van der Waals surface area (Å²) in [6.07, 6.45) is 4.95. The molecule has 0 unspecified atom stereocenters. The number of nitro groups is 2. The molecule has 0 radical (unpaired) electrons. The van der Waals surface area contributed by atoms with Crippen LogP contribution in [-0.4, -0.2) is 40.3 Å². The third kappa shape index (κ3) is 4.41. The number of carbonyl (C=O) groups is 2. The van der Waals surface area contributed by atoms with Gasteiger partial charge >= 0.3 is 17.6 Å². The summed E-state index contributed by atoms with van der Waals surface area (Å²) < 4.78 is 36.8. The molecule has 1 aromatic rings. The van der Waals surface area contributed by atoms with E-state index in [-0.39, 0.29) is 54.6 Å². The molecule has 0 aliphatic heterocycles. The van der Waals surface area contributed by atoms with Crippen LogP contribution in [0.3, 0.4) is 0 Å². The van der Waals surface area contributed by atoms with Gasteiger partial charge in [0.25, 0.3) is 5.69 Å². The number of allylic oxidation sites excluding steroid dienone is 3. The number of hydrogen-bond donors (Lipinski definition) is 1. The van der Waals surface area contributed by atoms with Gasteiger partial charge in [-0.3, -0.25) is 30.4 Å². The number of hydrogen-bond acceptors (Lipinski definition) is 9. The fourth-order valence-electron chi connectivity index (χ4n) is 7.85. The number of carbonyl (C=O) groups excluding carboxylic acids is 2. The van der Waals surface area contributed by atoms with Gasteiger partial charge in [0.2, 0.25) is 0 Å². The van der Waals surface area contributed by atoms with Crippen molar-refractivity contribution in [1.29, 1.82) is 0 Å². The molecule has 0 amide bonds. The summed E-state index contributed by atoms with van der Waals surface area (Å²) in [5.41, 5.74) is -0.560. The first-order chi connectivity index (χ1) is 19.2. The lowest BCUT2D eigenvalue weighted by molar-refractivity contribution is -0.393. The van der Waals surface area contributed by atoms with Gasteiger partial charge in [-0.2, -0.15) is 13.9 Å².